The highest BCUT2D eigenvalue weighted by Gasteiger charge is 2.33. The van der Waals surface area contributed by atoms with Gasteiger partial charge in [-0.2, -0.15) is 16.9 Å². The second-order valence-corrected chi connectivity index (χ2v) is 7.91. The first-order valence-corrected chi connectivity index (χ1v) is 9.68. The number of piperidine rings is 1. The maximum atomic E-state index is 11.8. The van der Waals surface area contributed by atoms with Crippen LogP contribution in [0.15, 0.2) is 30.3 Å². The summed E-state index contributed by atoms with van der Waals surface area (Å²) in [6, 6.07) is 10.0. The molecule has 2 unspecified atom stereocenters. The molecule has 2 rings (SSSR count). The number of benzene rings is 1. The number of hydrogen-bond donors (Lipinski definition) is 1. The molecule has 0 radical (unpaired) electrons. The summed E-state index contributed by atoms with van der Waals surface area (Å²) in [6.45, 7) is 1.71. The number of hydrogen-bond acceptors (Lipinski definition) is 4. The lowest BCUT2D eigenvalue weighted by Crippen LogP contribution is -2.48. The Kier molecular flexibility index (Phi) is 6.10. The van der Waals surface area contributed by atoms with Crippen LogP contribution in [0.2, 0.25) is 0 Å². The van der Waals surface area contributed by atoms with Gasteiger partial charge in [-0.05, 0) is 24.3 Å². The van der Waals surface area contributed by atoms with Gasteiger partial charge in [-0.25, -0.2) is 8.42 Å². The van der Waals surface area contributed by atoms with Gasteiger partial charge in [0.05, 0.1) is 19.5 Å². The van der Waals surface area contributed by atoms with Crippen molar-refractivity contribution in [3.8, 4) is 0 Å². The van der Waals surface area contributed by atoms with Crippen LogP contribution in [0.4, 0.5) is 0 Å². The predicted molar refractivity (Wildman–Crippen MR) is 88.0 cm³/mol. The highest BCUT2D eigenvalue weighted by Crippen LogP contribution is 2.25. The van der Waals surface area contributed by atoms with Gasteiger partial charge in [0.2, 0.25) is 10.0 Å². The quantitative estimate of drug-likeness (QED) is 0.814. The van der Waals surface area contributed by atoms with Gasteiger partial charge in [-0.1, -0.05) is 30.3 Å². The van der Waals surface area contributed by atoms with Crippen LogP contribution in [-0.2, 0) is 21.4 Å². The molecule has 1 aliphatic rings. The number of ether oxygens (including phenoxy) is 1. The zero-order chi connectivity index (χ0) is 15.3. The summed E-state index contributed by atoms with van der Waals surface area (Å²) in [5.74, 6) is 0.838. The van der Waals surface area contributed by atoms with E-state index in [1.807, 2.05) is 30.3 Å². The van der Waals surface area contributed by atoms with E-state index in [0.717, 1.165) is 18.4 Å². The highest BCUT2D eigenvalue weighted by atomic mass is 32.2. The van der Waals surface area contributed by atoms with Crippen molar-refractivity contribution in [2.24, 2.45) is 5.92 Å². The summed E-state index contributed by atoms with van der Waals surface area (Å²) in [7, 11) is -3.17. The van der Waals surface area contributed by atoms with Crippen molar-refractivity contribution in [3.63, 3.8) is 0 Å². The molecule has 1 fully saturated rings. The van der Waals surface area contributed by atoms with Crippen molar-refractivity contribution in [3.05, 3.63) is 35.9 Å². The van der Waals surface area contributed by atoms with E-state index in [1.165, 1.54) is 6.26 Å². The second-order valence-electron chi connectivity index (χ2n) is 5.61. The van der Waals surface area contributed by atoms with Gasteiger partial charge in [-0.15, -0.1) is 0 Å². The number of thiol groups is 1. The zero-order valence-corrected chi connectivity index (χ0v) is 14.0. The van der Waals surface area contributed by atoms with Crippen molar-refractivity contribution >= 4 is 22.7 Å². The first kappa shape index (κ1) is 16.8. The Morgan fingerprint density at radius 1 is 1.29 bits per heavy atom. The number of rotatable bonds is 6. The van der Waals surface area contributed by atoms with E-state index in [2.05, 4.69) is 12.6 Å². The molecule has 0 aliphatic carbocycles. The van der Waals surface area contributed by atoms with E-state index in [0.29, 0.717) is 25.5 Å². The number of sulfonamides is 1. The second kappa shape index (κ2) is 7.63. The third kappa shape index (κ3) is 4.98. The Hall–Kier alpha value is -0.560. The fourth-order valence-corrected chi connectivity index (χ4v) is 4.40. The molecule has 1 saturated heterocycles. The first-order valence-electron chi connectivity index (χ1n) is 7.20. The average Bonchev–Trinajstić information content (AvgIpc) is 2.47. The summed E-state index contributed by atoms with van der Waals surface area (Å²) >= 11 is 4.27. The average molecular weight is 329 g/mol. The van der Waals surface area contributed by atoms with Crippen LogP contribution >= 0.6 is 12.6 Å². The smallest absolute Gasteiger partial charge is 0.211 e. The summed E-state index contributed by atoms with van der Waals surface area (Å²) in [5, 5.41) is 0. The molecule has 6 heteroatoms. The summed E-state index contributed by atoms with van der Waals surface area (Å²) in [6.07, 6.45) is 3.12. The van der Waals surface area contributed by atoms with Crippen LogP contribution < -0.4 is 0 Å². The van der Waals surface area contributed by atoms with Crippen molar-refractivity contribution in [2.75, 3.05) is 25.2 Å². The molecule has 1 aromatic rings. The highest BCUT2D eigenvalue weighted by molar-refractivity contribution is 7.88. The molecule has 1 heterocycles. The Bertz CT molecular complexity index is 533. The van der Waals surface area contributed by atoms with Crippen molar-refractivity contribution in [2.45, 2.75) is 25.5 Å². The van der Waals surface area contributed by atoms with Gasteiger partial charge in [0, 0.05) is 18.3 Å². The molecule has 0 N–H and O–H groups in total. The van der Waals surface area contributed by atoms with Gasteiger partial charge < -0.3 is 4.74 Å². The summed E-state index contributed by atoms with van der Waals surface area (Å²) < 4.78 is 31.0. The van der Waals surface area contributed by atoms with E-state index in [9.17, 15) is 8.42 Å². The van der Waals surface area contributed by atoms with Crippen LogP contribution in [-0.4, -0.2) is 43.9 Å². The molecule has 0 amide bonds. The lowest BCUT2D eigenvalue weighted by molar-refractivity contribution is 0.0593. The molecule has 0 saturated carbocycles. The van der Waals surface area contributed by atoms with Gasteiger partial charge in [-0.3, -0.25) is 0 Å². The topological polar surface area (TPSA) is 46.6 Å². The van der Waals surface area contributed by atoms with E-state index in [-0.39, 0.29) is 12.0 Å². The van der Waals surface area contributed by atoms with Crippen molar-refractivity contribution < 1.29 is 13.2 Å². The van der Waals surface area contributed by atoms with Gasteiger partial charge in [0.15, 0.2) is 0 Å². The minimum absolute atomic E-state index is 0.0220. The molecule has 21 heavy (non-hydrogen) atoms. The Balaban J connectivity index is 1.85. The van der Waals surface area contributed by atoms with Gasteiger partial charge in [0.1, 0.15) is 0 Å². The van der Waals surface area contributed by atoms with E-state index < -0.39 is 10.0 Å². The normalized spacial score (nSPS) is 24.1. The van der Waals surface area contributed by atoms with Crippen LogP contribution in [0, 0.1) is 5.92 Å². The number of nitrogens with zero attached hydrogens (tertiary/aromatic N) is 1. The monoisotopic (exact) mass is 329 g/mol. The predicted octanol–water partition coefficient (Wildman–Crippen LogP) is 2.17. The van der Waals surface area contributed by atoms with E-state index >= 15 is 0 Å². The Morgan fingerprint density at radius 2 is 2.00 bits per heavy atom. The van der Waals surface area contributed by atoms with Crippen LogP contribution in [0.1, 0.15) is 18.4 Å². The Labute approximate surface area is 132 Å². The SMILES string of the molecule is CS(=O)(=O)N1CC(COCc2ccccc2)CCC1CS. The molecule has 4 nitrogen and oxygen atoms in total. The fourth-order valence-electron chi connectivity index (χ4n) is 2.71. The molecule has 0 spiro atoms. The van der Waals surface area contributed by atoms with Crippen LogP contribution in [0.3, 0.4) is 0 Å². The largest absolute Gasteiger partial charge is 0.376 e. The van der Waals surface area contributed by atoms with E-state index in [4.69, 9.17) is 4.74 Å². The Morgan fingerprint density at radius 3 is 2.62 bits per heavy atom. The lowest BCUT2D eigenvalue weighted by atomic mass is 9.96. The van der Waals surface area contributed by atoms with Crippen LogP contribution in [0.5, 0.6) is 0 Å². The van der Waals surface area contributed by atoms with Crippen molar-refractivity contribution in [1.29, 1.82) is 0 Å². The molecule has 118 valence electrons. The molecule has 2 atom stereocenters. The zero-order valence-electron chi connectivity index (χ0n) is 12.3. The molecule has 1 aromatic carbocycles. The third-order valence-electron chi connectivity index (χ3n) is 3.86. The molecular formula is C15H23NO3S2. The molecule has 1 aliphatic heterocycles. The molecule has 0 bridgehead atoms. The summed E-state index contributed by atoms with van der Waals surface area (Å²) in [5.41, 5.74) is 1.14. The standard InChI is InChI=1S/C15H23NO3S2/c1-21(17,18)16-9-14(7-8-15(16)12-20)11-19-10-13-5-3-2-4-6-13/h2-6,14-15,20H,7-12H2,1H3. The molecular weight excluding hydrogens is 306 g/mol. The van der Waals surface area contributed by atoms with E-state index in [1.54, 1.807) is 4.31 Å². The van der Waals surface area contributed by atoms with Crippen LogP contribution in [0.25, 0.3) is 0 Å². The fraction of sp³-hybridized carbons (Fsp3) is 0.600. The van der Waals surface area contributed by atoms with Gasteiger partial charge in [0.25, 0.3) is 0 Å². The maximum absolute atomic E-state index is 11.8. The first-order chi connectivity index (χ1) is 10.0. The summed E-state index contributed by atoms with van der Waals surface area (Å²) in [4.78, 5) is 0. The van der Waals surface area contributed by atoms with Crippen molar-refractivity contribution in [1.82, 2.24) is 4.31 Å². The lowest BCUT2D eigenvalue weighted by Gasteiger charge is -2.37. The minimum atomic E-state index is -3.17. The maximum Gasteiger partial charge on any atom is 0.211 e. The molecule has 0 aromatic heterocycles. The third-order valence-corrected chi connectivity index (χ3v) is 5.58. The minimum Gasteiger partial charge on any atom is -0.376 e. The van der Waals surface area contributed by atoms with Gasteiger partial charge >= 0.3 is 0 Å².